The fourth-order valence-electron chi connectivity index (χ4n) is 2.15. The SMILES string of the molecule is COc1ccc(CCc2c(Br)nc(N)n2C)cc1C. The van der Waals surface area contributed by atoms with Gasteiger partial charge in [0.15, 0.2) is 0 Å². The molecule has 1 heterocycles. The van der Waals surface area contributed by atoms with E-state index in [9.17, 15) is 0 Å². The zero-order valence-corrected chi connectivity index (χ0v) is 13.0. The molecule has 4 nitrogen and oxygen atoms in total. The van der Waals surface area contributed by atoms with Gasteiger partial charge >= 0.3 is 0 Å². The summed E-state index contributed by atoms with van der Waals surface area (Å²) in [6.07, 6.45) is 1.84. The number of nitrogens with two attached hydrogens (primary N) is 1. The first kappa shape index (κ1) is 13.9. The van der Waals surface area contributed by atoms with Gasteiger partial charge in [0.2, 0.25) is 5.95 Å². The van der Waals surface area contributed by atoms with E-state index in [0.717, 1.165) is 34.5 Å². The Morgan fingerprint density at radius 3 is 2.63 bits per heavy atom. The Hall–Kier alpha value is -1.49. The largest absolute Gasteiger partial charge is 0.496 e. The molecule has 0 saturated heterocycles. The highest BCUT2D eigenvalue weighted by Crippen LogP contribution is 2.22. The van der Waals surface area contributed by atoms with Crippen LogP contribution in [0.25, 0.3) is 0 Å². The number of nitrogens with zero attached hydrogens (tertiary/aromatic N) is 2. The maximum Gasteiger partial charge on any atom is 0.201 e. The van der Waals surface area contributed by atoms with Crippen LogP contribution in [-0.2, 0) is 19.9 Å². The molecule has 0 amide bonds. The third-order valence-electron chi connectivity index (χ3n) is 3.31. The van der Waals surface area contributed by atoms with E-state index < -0.39 is 0 Å². The highest BCUT2D eigenvalue weighted by molar-refractivity contribution is 9.10. The van der Waals surface area contributed by atoms with E-state index in [1.54, 1.807) is 7.11 Å². The average Bonchev–Trinajstić information content (AvgIpc) is 2.61. The lowest BCUT2D eigenvalue weighted by Gasteiger charge is -2.08. The number of anilines is 1. The fourth-order valence-corrected chi connectivity index (χ4v) is 2.79. The molecule has 0 saturated carbocycles. The molecule has 0 spiro atoms. The lowest BCUT2D eigenvalue weighted by Crippen LogP contribution is -2.03. The van der Waals surface area contributed by atoms with Crippen LogP contribution >= 0.6 is 15.9 Å². The zero-order valence-electron chi connectivity index (χ0n) is 11.4. The first-order chi connectivity index (χ1) is 9.02. The molecule has 1 aromatic carbocycles. The smallest absolute Gasteiger partial charge is 0.201 e. The fraction of sp³-hybridized carbons (Fsp3) is 0.357. The normalized spacial score (nSPS) is 10.7. The summed E-state index contributed by atoms with van der Waals surface area (Å²) >= 11 is 3.45. The van der Waals surface area contributed by atoms with Gasteiger partial charge in [-0.2, -0.15) is 0 Å². The first-order valence-corrected chi connectivity index (χ1v) is 6.92. The predicted octanol–water partition coefficient (Wildman–Crippen LogP) is 2.87. The number of nitrogen functional groups attached to an aromatic ring is 1. The van der Waals surface area contributed by atoms with Gasteiger partial charge in [-0.25, -0.2) is 4.98 Å². The molecule has 0 aliphatic heterocycles. The van der Waals surface area contributed by atoms with E-state index in [1.165, 1.54) is 5.56 Å². The lowest BCUT2D eigenvalue weighted by atomic mass is 10.1. The Morgan fingerprint density at radius 2 is 2.11 bits per heavy atom. The van der Waals surface area contributed by atoms with E-state index in [0.29, 0.717) is 5.95 Å². The number of aromatic nitrogens is 2. The van der Waals surface area contributed by atoms with Gasteiger partial charge in [-0.1, -0.05) is 12.1 Å². The van der Waals surface area contributed by atoms with Gasteiger partial charge in [-0.15, -0.1) is 0 Å². The molecule has 2 aromatic rings. The molecule has 0 unspecified atom stereocenters. The van der Waals surface area contributed by atoms with Crippen LogP contribution in [0.15, 0.2) is 22.8 Å². The Balaban J connectivity index is 2.12. The molecule has 1 aromatic heterocycles. The van der Waals surface area contributed by atoms with Crippen LogP contribution in [0.3, 0.4) is 0 Å². The van der Waals surface area contributed by atoms with Crippen molar-refractivity contribution in [1.29, 1.82) is 0 Å². The minimum atomic E-state index is 0.535. The molecule has 5 heteroatoms. The summed E-state index contributed by atoms with van der Waals surface area (Å²) < 4.78 is 8.01. The van der Waals surface area contributed by atoms with Gasteiger partial charge in [0.05, 0.1) is 12.8 Å². The first-order valence-electron chi connectivity index (χ1n) is 6.13. The number of benzene rings is 1. The minimum absolute atomic E-state index is 0.535. The van der Waals surface area contributed by atoms with Crippen molar-refractivity contribution in [2.24, 2.45) is 7.05 Å². The van der Waals surface area contributed by atoms with Gasteiger partial charge in [0.1, 0.15) is 10.4 Å². The zero-order chi connectivity index (χ0) is 14.0. The third-order valence-corrected chi connectivity index (χ3v) is 3.94. The number of methoxy groups -OCH3 is 1. The van der Waals surface area contributed by atoms with Crippen LogP contribution in [-0.4, -0.2) is 16.7 Å². The quantitative estimate of drug-likeness (QED) is 0.941. The predicted molar refractivity (Wildman–Crippen MR) is 80.5 cm³/mol. The van der Waals surface area contributed by atoms with Gasteiger partial charge in [-0.05, 0) is 52.9 Å². The summed E-state index contributed by atoms with van der Waals surface area (Å²) in [5.41, 5.74) is 9.33. The van der Waals surface area contributed by atoms with Crippen LogP contribution < -0.4 is 10.5 Å². The summed E-state index contributed by atoms with van der Waals surface area (Å²) in [6, 6.07) is 6.27. The molecule has 2 rings (SSSR count). The van der Waals surface area contributed by atoms with Crippen molar-refractivity contribution in [1.82, 2.24) is 9.55 Å². The molecule has 0 radical (unpaired) electrons. The summed E-state index contributed by atoms with van der Waals surface area (Å²) in [5.74, 6) is 1.46. The van der Waals surface area contributed by atoms with E-state index in [-0.39, 0.29) is 0 Å². The van der Waals surface area contributed by atoms with E-state index in [1.807, 2.05) is 17.7 Å². The van der Waals surface area contributed by atoms with Crippen LogP contribution in [0.4, 0.5) is 5.95 Å². The molecule has 102 valence electrons. The lowest BCUT2D eigenvalue weighted by molar-refractivity contribution is 0.411. The summed E-state index contributed by atoms with van der Waals surface area (Å²) in [4.78, 5) is 4.21. The van der Waals surface area contributed by atoms with Crippen molar-refractivity contribution in [2.45, 2.75) is 19.8 Å². The van der Waals surface area contributed by atoms with Crippen molar-refractivity contribution in [3.05, 3.63) is 39.6 Å². The third kappa shape index (κ3) is 2.92. The summed E-state index contributed by atoms with van der Waals surface area (Å²) in [5, 5.41) is 0. The number of hydrogen-bond acceptors (Lipinski definition) is 3. The standard InChI is InChI=1S/C14H18BrN3O/c1-9-8-10(5-7-12(9)19-3)4-6-11-13(15)17-14(16)18(11)2/h5,7-8H,4,6H2,1-3H3,(H2,16,17). The number of aryl methyl sites for hydroxylation is 2. The molecule has 2 N–H and O–H groups in total. The molecule has 0 aliphatic rings. The van der Waals surface area contributed by atoms with Crippen LogP contribution in [0.5, 0.6) is 5.75 Å². The topological polar surface area (TPSA) is 53.1 Å². The highest BCUT2D eigenvalue weighted by Gasteiger charge is 2.10. The van der Waals surface area contributed by atoms with Gasteiger partial charge in [0, 0.05) is 7.05 Å². The Bertz CT molecular complexity index is 593. The van der Waals surface area contributed by atoms with Crippen molar-refractivity contribution < 1.29 is 4.74 Å². The van der Waals surface area contributed by atoms with E-state index in [4.69, 9.17) is 10.5 Å². The Morgan fingerprint density at radius 1 is 1.37 bits per heavy atom. The van der Waals surface area contributed by atoms with Crippen LogP contribution in [0.2, 0.25) is 0 Å². The Kier molecular flexibility index (Phi) is 4.14. The molecule has 0 atom stereocenters. The van der Waals surface area contributed by atoms with Crippen LogP contribution in [0.1, 0.15) is 16.8 Å². The molecular formula is C14H18BrN3O. The molecule has 19 heavy (non-hydrogen) atoms. The second-order valence-electron chi connectivity index (χ2n) is 4.57. The molecular weight excluding hydrogens is 306 g/mol. The van der Waals surface area contributed by atoms with Crippen molar-refractivity contribution in [2.75, 3.05) is 12.8 Å². The summed E-state index contributed by atoms with van der Waals surface area (Å²) in [6.45, 7) is 2.06. The van der Waals surface area contributed by atoms with Gasteiger partial charge in [0.25, 0.3) is 0 Å². The number of rotatable bonds is 4. The Labute approximate surface area is 121 Å². The van der Waals surface area contributed by atoms with Crippen molar-refractivity contribution >= 4 is 21.9 Å². The van der Waals surface area contributed by atoms with E-state index in [2.05, 4.69) is 40.0 Å². The van der Waals surface area contributed by atoms with E-state index >= 15 is 0 Å². The maximum absolute atomic E-state index is 5.78. The number of halogens is 1. The highest BCUT2D eigenvalue weighted by atomic mass is 79.9. The average molecular weight is 324 g/mol. The van der Waals surface area contributed by atoms with Gasteiger partial charge < -0.3 is 15.0 Å². The molecule has 0 fully saturated rings. The van der Waals surface area contributed by atoms with Crippen LogP contribution in [0, 0.1) is 6.92 Å². The number of ether oxygens (including phenoxy) is 1. The molecule has 0 bridgehead atoms. The number of imidazole rings is 1. The second kappa shape index (κ2) is 5.65. The van der Waals surface area contributed by atoms with Gasteiger partial charge in [-0.3, -0.25) is 0 Å². The summed E-state index contributed by atoms with van der Waals surface area (Å²) in [7, 11) is 3.62. The monoisotopic (exact) mass is 323 g/mol. The van der Waals surface area contributed by atoms with Crippen molar-refractivity contribution in [3.63, 3.8) is 0 Å². The van der Waals surface area contributed by atoms with Crippen molar-refractivity contribution in [3.8, 4) is 5.75 Å². The maximum atomic E-state index is 5.78. The number of hydrogen-bond donors (Lipinski definition) is 1. The molecule has 0 aliphatic carbocycles. The second-order valence-corrected chi connectivity index (χ2v) is 5.32. The minimum Gasteiger partial charge on any atom is -0.496 e.